The summed E-state index contributed by atoms with van der Waals surface area (Å²) in [5, 5.41) is 0. The number of hydrogen-bond donors (Lipinski definition) is 2. The van der Waals surface area contributed by atoms with Gasteiger partial charge >= 0.3 is 36.1 Å². The molecule has 0 aromatic rings. The summed E-state index contributed by atoms with van der Waals surface area (Å²) in [5.41, 5.74) is 0.652. The average molecular weight is 853 g/mol. The third kappa shape index (κ3) is 27.4. The molecule has 0 aromatic heterocycles. The standard InChI is InChI=1S/C32H68N2O14P2Si3/c1-29(2)31(35)41-23-17-33(5,6)19-25-45-49(37,38)43-21-15-27-51(9,10)47-53(13,14)48-52(11,12)28-16-22-44-50(39,40)46-26-20-34(7,8)18-24-42-32(36)30(3)4/h1,3,15-28H2,2,4-14H3/p+2. The lowest BCUT2D eigenvalue weighted by Gasteiger charge is -2.38. The van der Waals surface area contributed by atoms with Crippen molar-refractivity contribution < 1.29 is 73.3 Å². The lowest BCUT2D eigenvalue weighted by Crippen LogP contribution is -2.52. The van der Waals surface area contributed by atoms with E-state index in [9.17, 15) is 28.5 Å². The summed E-state index contributed by atoms with van der Waals surface area (Å²) in [6, 6.07) is 1.36. The van der Waals surface area contributed by atoms with Crippen LogP contribution < -0.4 is 0 Å². The quantitative estimate of drug-likeness (QED) is 0.0229. The molecule has 0 rings (SSSR count). The number of phosphoric acid groups is 2. The Kier molecular flexibility index (Phi) is 22.4. The number of quaternary nitrogens is 2. The van der Waals surface area contributed by atoms with Crippen LogP contribution in [0, 0.1) is 0 Å². The van der Waals surface area contributed by atoms with Gasteiger partial charge in [-0.25, -0.2) is 18.7 Å². The second-order valence-electron chi connectivity index (χ2n) is 16.2. The molecule has 0 aliphatic rings. The number of carbonyl (C=O) groups excluding carboxylic acids is 2. The lowest BCUT2D eigenvalue weighted by atomic mass is 10.4. The fourth-order valence-corrected chi connectivity index (χ4v) is 20.4. The van der Waals surface area contributed by atoms with Crippen LogP contribution in [0.25, 0.3) is 0 Å². The number of rotatable bonds is 30. The van der Waals surface area contributed by atoms with Crippen LogP contribution in [0.2, 0.25) is 51.4 Å². The molecule has 2 unspecified atom stereocenters. The lowest BCUT2D eigenvalue weighted by molar-refractivity contribution is -0.890. The first kappa shape index (κ1) is 52.1. The van der Waals surface area contributed by atoms with Crippen LogP contribution in [0.1, 0.15) is 26.7 Å². The first-order valence-electron chi connectivity index (χ1n) is 17.8. The number of phosphoric ester groups is 2. The zero-order valence-electron chi connectivity index (χ0n) is 34.4. The molecule has 0 bridgehead atoms. The summed E-state index contributed by atoms with van der Waals surface area (Å²) in [6.07, 6.45) is 1.02. The molecule has 0 aliphatic carbocycles. The van der Waals surface area contributed by atoms with Crippen molar-refractivity contribution in [3.63, 3.8) is 0 Å². The normalized spacial score (nSPS) is 15.4. The third-order valence-electron chi connectivity index (χ3n) is 7.86. The Hall–Kier alpha value is -0.869. The summed E-state index contributed by atoms with van der Waals surface area (Å²) < 4.78 is 69.9. The van der Waals surface area contributed by atoms with Gasteiger partial charge in [-0.15, -0.1) is 0 Å². The summed E-state index contributed by atoms with van der Waals surface area (Å²) in [4.78, 5) is 43.4. The van der Waals surface area contributed by atoms with Gasteiger partial charge in [-0.3, -0.25) is 18.1 Å². The van der Waals surface area contributed by atoms with Gasteiger partial charge in [0.05, 0.1) is 41.4 Å². The van der Waals surface area contributed by atoms with E-state index in [0.29, 0.717) is 71.2 Å². The third-order valence-corrected chi connectivity index (χ3v) is 21.4. The average Bonchev–Trinajstić information content (AvgIpc) is 2.95. The van der Waals surface area contributed by atoms with E-state index in [1.807, 2.05) is 41.3 Å². The Bertz CT molecular complexity index is 1200. The molecule has 312 valence electrons. The van der Waals surface area contributed by atoms with Gasteiger partial charge in [-0.1, -0.05) is 13.2 Å². The number of likely N-dealkylation sites (N-methyl/N-ethyl adjacent to an activating group) is 2. The highest BCUT2D eigenvalue weighted by Crippen LogP contribution is 2.44. The monoisotopic (exact) mass is 852 g/mol. The molecule has 2 atom stereocenters. The van der Waals surface area contributed by atoms with E-state index >= 15 is 0 Å². The Morgan fingerprint density at radius 2 is 0.849 bits per heavy atom. The SMILES string of the molecule is C=C(C)C(=O)OCC[N+](C)(C)CCOP(=O)(O)OCCC[Si](C)(C)O[Si](C)(C)O[Si](C)(C)CCCOP(=O)(O)OCC[N+](C)(C)CCOC(=O)C(=C)C. The van der Waals surface area contributed by atoms with E-state index in [0.717, 1.165) is 0 Å². The number of esters is 2. The number of hydrogen-bond acceptors (Lipinski definition) is 12. The fraction of sp³-hybridized carbons (Fsp3) is 0.812. The molecule has 0 saturated heterocycles. The maximum atomic E-state index is 12.4. The van der Waals surface area contributed by atoms with Crippen LogP contribution in [0.5, 0.6) is 0 Å². The van der Waals surface area contributed by atoms with Gasteiger partial charge in [0, 0.05) is 11.1 Å². The molecule has 0 heterocycles. The number of ether oxygens (including phenoxy) is 2. The predicted octanol–water partition coefficient (Wildman–Crippen LogP) is 5.57. The van der Waals surface area contributed by atoms with Gasteiger partial charge in [-0.2, -0.15) is 0 Å². The van der Waals surface area contributed by atoms with Crippen LogP contribution >= 0.6 is 15.6 Å². The number of carbonyl (C=O) groups is 2. The van der Waals surface area contributed by atoms with Crippen molar-refractivity contribution in [3.05, 3.63) is 24.3 Å². The molecule has 0 saturated carbocycles. The molecular weight excluding hydrogens is 783 g/mol. The molecule has 16 nitrogen and oxygen atoms in total. The van der Waals surface area contributed by atoms with Crippen molar-refractivity contribution in [1.29, 1.82) is 0 Å². The van der Waals surface area contributed by atoms with Crippen molar-refractivity contribution in [3.8, 4) is 0 Å². The Morgan fingerprint density at radius 3 is 1.15 bits per heavy atom. The Balaban J connectivity index is 4.53. The van der Waals surface area contributed by atoms with Crippen molar-refractivity contribution >= 4 is 52.8 Å². The highest BCUT2D eigenvalue weighted by molar-refractivity contribution is 7.47. The van der Waals surface area contributed by atoms with Crippen LogP contribution in [0.4, 0.5) is 0 Å². The highest BCUT2D eigenvalue weighted by Gasteiger charge is 2.39. The van der Waals surface area contributed by atoms with Gasteiger partial charge in [0.2, 0.25) is 0 Å². The van der Waals surface area contributed by atoms with Gasteiger partial charge < -0.3 is 36.5 Å². The van der Waals surface area contributed by atoms with E-state index in [4.69, 9.17) is 35.8 Å². The molecule has 53 heavy (non-hydrogen) atoms. The zero-order chi connectivity index (χ0) is 41.4. The molecule has 0 radical (unpaired) electrons. The minimum Gasteiger partial charge on any atom is -0.456 e. The van der Waals surface area contributed by atoms with Crippen molar-refractivity contribution in [2.24, 2.45) is 0 Å². The summed E-state index contributed by atoms with van der Waals surface area (Å²) in [7, 11) is -7.93. The largest absolute Gasteiger partial charge is 0.472 e. The molecule has 0 aromatic carbocycles. The zero-order valence-corrected chi connectivity index (χ0v) is 39.2. The molecule has 2 N–H and O–H groups in total. The topological polar surface area (TPSA) is 183 Å². The molecule has 0 amide bonds. The van der Waals surface area contributed by atoms with E-state index in [2.05, 4.69) is 39.3 Å². The van der Waals surface area contributed by atoms with Crippen LogP contribution in [0.3, 0.4) is 0 Å². The smallest absolute Gasteiger partial charge is 0.456 e. The first-order valence-corrected chi connectivity index (χ1v) is 29.9. The predicted molar refractivity (Wildman–Crippen MR) is 212 cm³/mol. The Labute approximate surface area is 321 Å². The van der Waals surface area contributed by atoms with Crippen molar-refractivity contribution in [2.45, 2.75) is 78.1 Å². The van der Waals surface area contributed by atoms with Crippen molar-refractivity contribution in [2.75, 3.05) is 94.0 Å². The van der Waals surface area contributed by atoms with E-state index in [-0.39, 0.29) is 39.6 Å². The Morgan fingerprint density at radius 1 is 0.566 bits per heavy atom. The van der Waals surface area contributed by atoms with Crippen LogP contribution in [-0.4, -0.2) is 150 Å². The molecule has 0 fully saturated rings. The second-order valence-corrected chi connectivity index (χ2v) is 31.6. The fourth-order valence-electron chi connectivity index (χ4n) is 4.93. The van der Waals surface area contributed by atoms with E-state index in [1.54, 1.807) is 13.8 Å². The number of nitrogens with zero attached hydrogens (tertiary/aromatic N) is 2. The van der Waals surface area contributed by atoms with Gasteiger partial charge in [0.1, 0.15) is 52.6 Å². The van der Waals surface area contributed by atoms with Gasteiger partial charge in [0.15, 0.2) is 16.6 Å². The van der Waals surface area contributed by atoms with Gasteiger partial charge in [-0.05, 0) is 78.1 Å². The molecule has 21 heteroatoms. The van der Waals surface area contributed by atoms with E-state index < -0.39 is 52.8 Å². The highest BCUT2D eigenvalue weighted by atomic mass is 31.2. The van der Waals surface area contributed by atoms with Crippen LogP contribution in [0.15, 0.2) is 24.3 Å². The van der Waals surface area contributed by atoms with Crippen LogP contribution in [-0.2, 0) is 54.5 Å². The maximum absolute atomic E-state index is 12.4. The molecular formula is C32H70N2O14P2Si3+2. The van der Waals surface area contributed by atoms with E-state index in [1.165, 1.54) is 0 Å². The molecule has 0 aliphatic heterocycles. The maximum Gasteiger partial charge on any atom is 0.472 e. The second kappa shape index (κ2) is 22.8. The summed E-state index contributed by atoms with van der Waals surface area (Å²) in [5.74, 6) is -0.908. The minimum absolute atomic E-state index is 0.00842. The van der Waals surface area contributed by atoms with Gasteiger partial charge in [0.25, 0.3) is 0 Å². The van der Waals surface area contributed by atoms with Crippen molar-refractivity contribution in [1.82, 2.24) is 0 Å². The minimum atomic E-state index is -4.24. The first-order chi connectivity index (χ1) is 23.9. The summed E-state index contributed by atoms with van der Waals surface area (Å²) in [6.45, 7) is 24.8. The molecule has 0 spiro atoms. The summed E-state index contributed by atoms with van der Waals surface area (Å²) >= 11 is 0.